The van der Waals surface area contributed by atoms with Gasteiger partial charge in [-0.2, -0.15) is 0 Å². The summed E-state index contributed by atoms with van der Waals surface area (Å²) in [7, 11) is 0. The van der Waals surface area contributed by atoms with Crippen molar-refractivity contribution in [3.63, 3.8) is 0 Å². The van der Waals surface area contributed by atoms with Crippen molar-refractivity contribution < 1.29 is 9.18 Å². The standard InChI is InChI=1S/C20H30FN3O/c1-2-23-13-15-24(16-14-23)12-6-11-22-19(25)20(9-5-10-20)17-7-3-4-8-18(17)21/h3-4,7-8H,2,5-6,9-16H2,1H3,(H,22,25). The summed E-state index contributed by atoms with van der Waals surface area (Å²) < 4.78 is 14.2. The van der Waals surface area contributed by atoms with Crippen LogP contribution in [0.5, 0.6) is 0 Å². The van der Waals surface area contributed by atoms with E-state index in [9.17, 15) is 9.18 Å². The van der Waals surface area contributed by atoms with E-state index < -0.39 is 5.41 Å². The molecule has 5 heteroatoms. The lowest BCUT2D eigenvalue weighted by atomic mass is 9.63. The number of carbonyl (C=O) groups excluding carboxylic acids is 1. The maximum atomic E-state index is 14.2. The van der Waals surface area contributed by atoms with Crippen LogP contribution in [-0.4, -0.2) is 61.5 Å². The Morgan fingerprint density at radius 3 is 2.44 bits per heavy atom. The first-order valence-electron chi connectivity index (χ1n) is 9.64. The summed E-state index contributed by atoms with van der Waals surface area (Å²) in [6.07, 6.45) is 3.44. The predicted octanol–water partition coefficient (Wildman–Crippen LogP) is 2.39. The third kappa shape index (κ3) is 4.04. The number of piperazine rings is 1. The van der Waals surface area contributed by atoms with Crippen molar-refractivity contribution in [2.24, 2.45) is 0 Å². The zero-order valence-corrected chi connectivity index (χ0v) is 15.3. The highest BCUT2D eigenvalue weighted by atomic mass is 19.1. The van der Waals surface area contributed by atoms with Gasteiger partial charge in [0, 0.05) is 38.3 Å². The lowest BCUT2D eigenvalue weighted by Gasteiger charge is -2.41. The van der Waals surface area contributed by atoms with E-state index in [1.807, 2.05) is 6.07 Å². The number of hydrogen-bond acceptors (Lipinski definition) is 3. The Morgan fingerprint density at radius 2 is 1.84 bits per heavy atom. The number of amides is 1. The van der Waals surface area contributed by atoms with E-state index in [2.05, 4.69) is 22.0 Å². The summed E-state index contributed by atoms with van der Waals surface area (Å²) in [6, 6.07) is 6.73. The molecule has 0 atom stereocenters. The fourth-order valence-electron chi connectivity index (χ4n) is 4.00. The van der Waals surface area contributed by atoms with Gasteiger partial charge in [0.25, 0.3) is 0 Å². The lowest BCUT2D eigenvalue weighted by molar-refractivity contribution is -0.130. The molecule has 1 aliphatic carbocycles. The third-order valence-corrected chi connectivity index (χ3v) is 5.88. The van der Waals surface area contributed by atoms with Gasteiger partial charge in [0.05, 0.1) is 5.41 Å². The van der Waals surface area contributed by atoms with Gasteiger partial charge in [0.2, 0.25) is 5.91 Å². The van der Waals surface area contributed by atoms with Crippen LogP contribution < -0.4 is 5.32 Å². The molecule has 0 unspecified atom stereocenters. The third-order valence-electron chi connectivity index (χ3n) is 5.88. The second-order valence-corrected chi connectivity index (χ2v) is 7.30. The van der Waals surface area contributed by atoms with E-state index in [4.69, 9.17) is 0 Å². The summed E-state index contributed by atoms with van der Waals surface area (Å²) in [4.78, 5) is 17.7. The fraction of sp³-hybridized carbons (Fsp3) is 0.650. The normalized spacial score (nSPS) is 20.9. The molecule has 1 amide bonds. The summed E-state index contributed by atoms with van der Waals surface area (Å²) in [6.45, 7) is 9.52. The number of halogens is 1. The predicted molar refractivity (Wildman–Crippen MR) is 98.1 cm³/mol. The Labute approximate surface area is 150 Å². The number of hydrogen-bond donors (Lipinski definition) is 1. The molecule has 4 nitrogen and oxygen atoms in total. The molecule has 1 aromatic carbocycles. The Balaban J connectivity index is 1.45. The summed E-state index contributed by atoms with van der Waals surface area (Å²) >= 11 is 0. The molecule has 1 aromatic rings. The van der Waals surface area contributed by atoms with Crippen molar-refractivity contribution in [3.8, 4) is 0 Å². The maximum Gasteiger partial charge on any atom is 0.230 e. The number of nitrogens with one attached hydrogen (secondary N) is 1. The van der Waals surface area contributed by atoms with Gasteiger partial charge >= 0.3 is 0 Å². The average molecular weight is 347 g/mol. The van der Waals surface area contributed by atoms with Crippen molar-refractivity contribution in [3.05, 3.63) is 35.6 Å². The molecule has 1 heterocycles. The largest absolute Gasteiger partial charge is 0.355 e. The monoisotopic (exact) mass is 347 g/mol. The Hall–Kier alpha value is -1.46. The lowest BCUT2D eigenvalue weighted by Crippen LogP contribution is -2.50. The number of carbonyl (C=O) groups is 1. The van der Waals surface area contributed by atoms with Crippen LogP contribution in [0.3, 0.4) is 0 Å². The first-order valence-corrected chi connectivity index (χ1v) is 9.64. The molecule has 0 spiro atoms. The van der Waals surface area contributed by atoms with Gasteiger partial charge in [-0.3, -0.25) is 4.79 Å². The molecular formula is C20H30FN3O. The molecule has 1 saturated heterocycles. The van der Waals surface area contributed by atoms with Crippen LogP contribution in [0.2, 0.25) is 0 Å². The molecule has 138 valence electrons. The van der Waals surface area contributed by atoms with Gasteiger partial charge < -0.3 is 15.1 Å². The Bertz CT molecular complexity index is 580. The SMILES string of the molecule is CCN1CCN(CCCNC(=O)C2(c3ccccc3F)CCC2)CC1. The molecular weight excluding hydrogens is 317 g/mol. The van der Waals surface area contributed by atoms with Gasteiger partial charge in [-0.25, -0.2) is 4.39 Å². The van der Waals surface area contributed by atoms with E-state index in [0.29, 0.717) is 12.1 Å². The molecule has 3 rings (SSSR count). The highest BCUT2D eigenvalue weighted by Gasteiger charge is 2.46. The van der Waals surface area contributed by atoms with E-state index in [1.54, 1.807) is 12.1 Å². The summed E-state index contributed by atoms with van der Waals surface area (Å²) in [5.74, 6) is -0.259. The minimum atomic E-state index is -0.641. The van der Waals surface area contributed by atoms with Crippen molar-refractivity contribution in [1.82, 2.24) is 15.1 Å². The van der Waals surface area contributed by atoms with E-state index >= 15 is 0 Å². The van der Waals surface area contributed by atoms with E-state index in [-0.39, 0.29) is 11.7 Å². The van der Waals surface area contributed by atoms with Crippen LogP contribution in [0.4, 0.5) is 4.39 Å². The smallest absolute Gasteiger partial charge is 0.230 e. The van der Waals surface area contributed by atoms with Crippen LogP contribution >= 0.6 is 0 Å². The average Bonchev–Trinajstić information content (AvgIpc) is 2.60. The van der Waals surface area contributed by atoms with E-state index in [1.165, 1.54) is 6.07 Å². The molecule has 25 heavy (non-hydrogen) atoms. The summed E-state index contributed by atoms with van der Waals surface area (Å²) in [5, 5.41) is 3.07. The van der Waals surface area contributed by atoms with Crippen LogP contribution in [0.15, 0.2) is 24.3 Å². The zero-order valence-electron chi connectivity index (χ0n) is 15.3. The molecule has 2 fully saturated rings. The van der Waals surface area contributed by atoms with Crippen LogP contribution in [0.1, 0.15) is 38.2 Å². The van der Waals surface area contributed by atoms with Crippen LogP contribution in [-0.2, 0) is 10.2 Å². The second kappa shape index (κ2) is 8.28. The van der Waals surface area contributed by atoms with Crippen molar-refractivity contribution in [2.45, 2.75) is 38.0 Å². The topological polar surface area (TPSA) is 35.6 Å². The van der Waals surface area contributed by atoms with Crippen molar-refractivity contribution >= 4 is 5.91 Å². The van der Waals surface area contributed by atoms with Crippen LogP contribution in [0.25, 0.3) is 0 Å². The van der Waals surface area contributed by atoms with Crippen molar-refractivity contribution in [1.29, 1.82) is 0 Å². The minimum Gasteiger partial charge on any atom is -0.355 e. The highest BCUT2D eigenvalue weighted by Crippen LogP contribution is 2.44. The number of likely N-dealkylation sites (N-methyl/N-ethyl adjacent to an activating group) is 1. The second-order valence-electron chi connectivity index (χ2n) is 7.30. The molecule has 1 saturated carbocycles. The van der Waals surface area contributed by atoms with Crippen molar-refractivity contribution in [2.75, 3.05) is 45.8 Å². The fourth-order valence-corrected chi connectivity index (χ4v) is 4.00. The number of rotatable bonds is 7. The van der Waals surface area contributed by atoms with Crippen LogP contribution in [0, 0.1) is 5.82 Å². The quantitative estimate of drug-likeness (QED) is 0.770. The van der Waals surface area contributed by atoms with Gasteiger partial charge in [-0.1, -0.05) is 31.5 Å². The first-order chi connectivity index (χ1) is 12.2. The van der Waals surface area contributed by atoms with Gasteiger partial charge in [-0.05, 0) is 38.4 Å². The van der Waals surface area contributed by atoms with Gasteiger partial charge in [0.15, 0.2) is 0 Å². The van der Waals surface area contributed by atoms with E-state index in [0.717, 1.165) is 65.0 Å². The minimum absolute atomic E-state index is 0.000322. The molecule has 1 N–H and O–H groups in total. The number of nitrogens with zero attached hydrogens (tertiary/aromatic N) is 2. The zero-order chi connectivity index (χ0) is 17.7. The molecule has 0 aromatic heterocycles. The first kappa shape index (κ1) is 18.3. The maximum absolute atomic E-state index is 14.2. The highest BCUT2D eigenvalue weighted by molar-refractivity contribution is 5.89. The van der Waals surface area contributed by atoms with Gasteiger partial charge in [-0.15, -0.1) is 0 Å². The molecule has 0 radical (unpaired) electrons. The van der Waals surface area contributed by atoms with Gasteiger partial charge in [0.1, 0.15) is 5.82 Å². The Morgan fingerprint density at radius 1 is 1.16 bits per heavy atom. The molecule has 1 aliphatic heterocycles. The Kier molecular flexibility index (Phi) is 6.07. The molecule has 0 bridgehead atoms. The number of benzene rings is 1. The summed E-state index contributed by atoms with van der Waals surface area (Å²) in [5.41, 5.74) is -0.0765. The molecule has 2 aliphatic rings.